The Kier molecular flexibility index (Phi) is 12.4. The highest BCUT2D eigenvalue weighted by Crippen LogP contribution is 2.45. The first-order valence-corrected chi connectivity index (χ1v) is 25.4. The molecule has 5 nitrogen and oxygen atoms in total. The van der Waals surface area contributed by atoms with Gasteiger partial charge in [-0.15, -0.1) is 0 Å². The zero-order chi connectivity index (χ0) is 50.1. The molecule has 70 heavy (non-hydrogen) atoms. The number of ether oxygens (including phenoxy) is 1. The van der Waals surface area contributed by atoms with Crippen molar-refractivity contribution in [2.75, 3.05) is 16.5 Å². The van der Waals surface area contributed by atoms with E-state index in [2.05, 4.69) is 264 Å². The van der Waals surface area contributed by atoms with E-state index in [4.69, 9.17) is 9.72 Å². The van der Waals surface area contributed by atoms with Crippen molar-refractivity contribution in [1.29, 1.82) is 0 Å². The number of nitrogens with zero attached hydrogens (tertiary/aromatic N) is 4. The Hall–Kier alpha value is -6.59. The summed E-state index contributed by atoms with van der Waals surface area (Å²) in [5, 5.41) is 2.38. The van der Waals surface area contributed by atoms with E-state index in [1.807, 2.05) is 6.20 Å². The van der Waals surface area contributed by atoms with Crippen molar-refractivity contribution in [3.8, 4) is 28.4 Å². The fourth-order valence-corrected chi connectivity index (χ4v) is 10.3. The average Bonchev–Trinajstić information content (AvgIpc) is 3.92. The lowest BCUT2D eigenvalue weighted by atomic mass is 9.78. The predicted octanol–water partition coefficient (Wildman–Crippen LogP) is 18.0. The molecule has 8 aromatic rings. The average molecular weight is 927 g/mol. The Morgan fingerprint density at radius 3 is 1.81 bits per heavy atom. The first-order chi connectivity index (χ1) is 33.0. The monoisotopic (exact) mass is 927 g/mol. The molecule has 0 aliphatic carbocycles. The molecule has 1 aliphatic heterocycles. The lowest BCUT2D eigenvalue weighted by Gasteiger charge is -2.33. The molecule has 0 radical (unpaired) electrons. The Bertz CT molecular complexity index is 3230. The van der Waals surface area contributed by atoms with E-state index in [0.717, 1.165) is 39.6 Å². The summed E-state index contributed by atoms with van der Waals surface area (Å²) in [6.07, 6.45) is 4.32. The van der Waals surface area contributed by atoms with Crippen LogP contribution in [-0.2, 0) is 16.2 Å². The molecule has 0 N–H and O–H groups in total. The number of hydrogen-bond acceptors (Lipinski definition) is 4. The highest BCUT2D eigenvalue weighted by Gasteiger charge is 2.33. The maximum absolute atomic E-state index is 7.20. The second-order valence-corrected chi connectivity index (χ2v) is 23.9. The number of fused-ring (bicyclic) bond motifs is 3. The first kappa shape index (κ1) is 48.4. The van der Waals surface area contributed by atoms with Gasteiger partial charge in [0.15, 0.2) is 0 Å². The van der Waals surface area contributed by atoms with E-state index in [-0.39, 0.29) is 21.7 Å². The van der Waals surface area contributed by atoms with Crippen LogP contribution in [0.5, 0.6) is 11.5 Å². The summed E-state index contributed by atoms with van der Waals surface area (Å²) in [5.74, 6) is 3.13. The van der Waals surface area contributed by atoms with Crippen molar-refractivity contribution in [1.82, 2.24) is 9.55 Å². The normalized spacial score (nSPS) is 13.9. The summed E-state index contributed by atoms with van der Waals surface area (Å²) in [4.78, 5) is 9.93. The van der Waals surface area contributed by atoms with Crippen LogP contribution in [0, 0.1) is 5.41 Å². The number of benzene rings is 6. The van der Waals surface area contributed by atoms with Crippen LogP contribution < -0.4 is 14.5 Å². The molecular weight excluding hydrogens is 853 g/mol. The summed E-state index contributed by atoms with van der Waals surface area (Å²) < 4.78 is 9.52. The lowest BCUT2D eigenvalue weighted by molar-refractivity contribution is 0.483. The topological polar surface area (TPSA) is 33.5 Å². The van der Waals surface area contributed by atoms with E-state index in [0.29, 0.717) is 18.5 Å². The van der Waals surface area contributed by atoms with Crippen LogP contribution in [0.1, 0.15) is 149 Å². The molecule has 0 fully saturated rings. The van der Waals surface area contributed by atoms with Crippen molar-refractivity contribution in [3.63, 3.8) is 0 Å². The Morgan fingerprint density at radius 1 is 0.500 bits per heavy atom. The fourth-order valence-electron chi connectivity index (χ4n) is 10.3. The zero-order valence-corrected chi connectivity index (χ0v) is 44.5. The number of allylic oxidation sites excluding steroid dienone is 1. The smallest absolute Gasteiger partial charge is 0.137 e. The summed E-state index contributed by atoms with van der Waals surface area (Å²) in [6, 6.07) is 51.6. The minimum absolute atomic E-state index is 0.000933. The molecule has 9 rings (SSSR count). The van der Waals surface area contributed by atoms with Crippen LogP contribution in [0.4, 0.5) is 11.4 Å². The molecule has 5 heteroatoms. The van der Waals surface area contributed by atoms with E-state index in [9.17, 15) is 0 Å². The molecule has 2 aromatic heterocycles. The highest BCUT2D eigenvalue weighted by atomic mass is 16.5. The van der Waals surface area contributed by atoms with Crippen LogP contribution in [0.15, 0.2) is 158 Å². The SMILES string of the molecule is CC(C)c1cccc(C(C)C)c1-c1cc(Oc2ccc3c4cc(C(C)(C)C)ccc4n(-c4cc(C(C)(C)C)ccn4)c3c2)cc(N2C=C(C(C)(C)C)N(c3cccc(C(C)(C)c4ccccc4)c3)C2)c1. The molecule has 0 amide bonds. The van der Waals surface area contributed by atoms with Gasteiger partial charge in [0.25, 0.3) is 0 Å². The van der Waals surface area contributed by atoms with E-state index >= 15 is 0 Å². The van der Waals surface area contributed by atoms with Gasteiger partial charge in [-0.2, -0.15) is 0 Å². The van der Waals surface area contributed by atoms with E-state index in [1.165, 1.54) is 61.1 Å². The van der Waals surface area contributed by atoms with Crippen LogP contribution in [0.2, 0.25) is 0 Å². The second-order valence-electron chi connectivity index (χ2n) is 23.9. The molecular formula is C65H74N4O. The van der Waals surface area contributed by atoms with Gasteiger partial charge < -0.3 is 14.5 Å². The third-order valence-electron chi connectivity index (χ3n) is 14.6. The number of rotatable bonds is 10. The quantitative estimate of drug-likeness (QED) is 0.137. The highest BCUT2D eigenvalue weighted by molar-refractivity contribution is 6.10. The minimum Gasteiger partial charge on any atom is -0.457 e. The molecule has 6 aromatic carbocycles. The van der Waals surface area contributed by atoms with Crippen LogP contribution in [-0.4, -0.2) is 16.2 Å². The Labute approximate surface area is 418 Å². The first-order valence-electron chi connectivity index (χ1n) is 25.4. The summed E-state index contributed by atoms with van der Waals surface area (Å²) in [5.41, 5.74) is 15.7. The maximum atomic E-state index is 7.20. The summed E-state index contributed by atoms with van der Waals surface area (Å²) in [6.45, 7) is 35.1. The van der Waals surface area contributed by atoms with Gasteiger partial charge in [0, 0.05) is 63.2 Å². The number of hydrogen-bond donors (Lipinski definition) is 0. The van der Waals surface area contributed by atoms with Gasteiger partial charge in [0.1, 0.15) is 17.3 Å². The standard InChI is InChI=1S/C65H74N4O/c1-42(2)53-25-20-26-54(43(3)4)61(53)44-33-50(67-40-59(64(11,12)13)68(41-67)49-24-19-23-48(35-49)65(14,15)45-21-17-16-18-22-45)38-52(34-44)70-51-28-29-55-56-36-46(62(5,6)7)27-30-57(56)69(58(55)39-51)60-37-47(31-32-66-60)63(8,9)10/h16-40,42-43H,41H2,1-15H3. The maximum Gasteiger partial charge on any atom is 0.137 e. The third kappa shape index (κ3) is 9.28. The molecule has 0 saturated carbocycles. The van der Waals surface area contributed by atoms with Crippen LogP contribution >= 0.6 is 0 Å². The minimum atomic E-state index is -0.166. The molecule has 0 spiro atoms. The summed E-state index contributed by atoms with van der Waals surface area (Å²) in [7, 11) is 0. The molecule has 0 bridgehead atoms. The van der Waals surface area contributed by atoms with Crippen LogP contribution in [0.3, 0.4) is 0 Å². The summed E-state index contributed by atoms with van der Waals surface area (Å²) >= 11 is 0. The number of aromatic nitrogens is 2. The Balaban J connectivity index is 1.20. The van der Waals surface area contributed by atoms with Gasteiger partial charge in [0.2, 0.25) is 0 Å². The Morgan fingerprint density at radius 2 is 1.16 bits per heavy atom. The van der Waals surface area contributed by atoms with Gasteiger partial charge in [0.05, 0.1) is 17.7 Å². The van der Waals surface area contributed by atoms with Crippen LogP contribution in [0.25, 0.3) is 38.8 Å². The molecule has 1 aliphatic rings. The zero-order valence-electron chi connectivity index (χ0n) is 44.5. The van der Waals surface area contributed by atoms with Crippen molar-refractivity contribution in [3.05, 3.63) is 191 Å². The largest absolute Gasteiger partial charge is 0.457 e. The molecule has 360 valence electrons. The van der Waals surface area contributed by atoms with Gasteiger partial charge in [-0.25, -0.2) is 4.98 Å². The predicted molar refractivity (Wildman–Crippen MR) is 298 cm³/mol. The van der Waals surface area contributed by atoms with E-state index in [1.54, 1.807) is 0 Å². The fraction of sp³-hybridized carbons (Fsp3) is 0.338. The van der Waals surface area contributed by atoms with Gasteiger partial charge >= 0.3 is 0 Å². The molecule has 0 saturated heterocycles. The number of pyridine rings is 1. The molecule has 0 unspecified atom stereocenters. The van der Waals surface area contributed by atoms with Crippen molar-refractivity contribution < 1.29 is 4.74 Å². The van der Waals surface area contributed by atoms with Crippen molar-refractivity contribution >= 4 is 33.2 Å². The van der Waals surface area contributed by atoms with Crippen molar-refractivity contribution in [2.24, 2.45) is 5.41 Å². The van der Waals surface area contributed by atoms with Gasteiger partial charge in [-0.05, 0) is 128 Å². The second kappa shape index (κ2) is 18.0. The lowest BCUT2D eigenvalue weighted by Crippen LogP contribution is -2.31. The number of anilines is 2. The van der Waals surface area contributed by atoms with Gasteiger partial charge in [-0.3, -0.25) is 4.57 Å². The third-order valence-corrected chi connectivity index (χ3v) is 14.6. The van der Waals surface area contributed by atoms with Crippen molar-refractivity contribution in [2.45, 2.75) is 132 Å². The van der Waals surface area contributed by atoms with E-state index < -0.39 is 0 Å². The van der Waals surface area contributed by atoms with Gasteiger partial charge in [-0.1, -0.05) is 171 Å². The molecule has 3 heterocycles. The molecule has 0 atom stereocenters.